The van der Waals surface area contributed by atoms with Gasteiger partial charge in [0.1, 0.15) is 0 Å². The van der Waals surface area contributed by atoms with Crippen molar-refractivity contribution >= 4 is 0 Å². The summed E-state index contributed by atoms with van der Waals surface area (Å²) in [6, 6.07) is 7.15. The van der Waals surface area contributed by atoms with Crippen LogP contribution in [0.4, 0.5) is 4.39 Å². The number of nitrogens with zero attached hydrogens (tertiary/aromatic N) is 2. The third-order valence-corrected chi connectivity index (χ3v) is 4.09. The number of likely N-dealkylation sites (tertiary alicyclic amines) is 1. The summed E-state index contributed by atoms with van der Waals surface area (Å²) in [6.45, 7) is 2.90. The Morgan fingerprint density at radius 2 is 2.33 bits per heavy atom. The van der Waals surface area contributed by atoms with Crippen LogP contribution in [0.5, 0.6) is 5.75 Å². The van der Waals surface area contributed by atoms with Crippen molar-refractivity contribution in [3.8, 4) is 5.75 Å². The number of halogens is 1. The van der Waals surface area contributed by atoms with E-state index in [0.717, 1.165) is 25.2 Å². The van der Waals surface area contributed by atoms with Gasteiger partial charge in [0, 0.05) is 30.9 Å². The van der Waals surface area contributed by atoms with Crippen LogP contribution in [0.1, 0.15) is 30.0 Å². The number of hydrogen-bond acceptors (Lipinski definition) is 3. The van der Waals surface area contributed by atoms with Gasteiger partial charge in [0.05, 0.1) is 7.11 Å². The lowest BCUT2D eigenvalue weighted by molar-refractivity contribution is 0.198. The van der Waals surface area contributed by atoms with Gasteiger partial charge in [-0.15, -0.1) is 0 Å². The Balaban J connectivity index is 1.67. The number of aromatic nitrogens is 2. The van der Waals surface area contributed by atoms with Crippen molar-refractivity contribution in [1.29, 1.82) is 0 Å². The Kier molecular flexibility index (Phi) is 4.20. The molecule has 2 heterocycles. The molecule has 1 aromatic heterocycles. The molecule has 5 heteroatoms. The number of piperidine rings is 1. The van der Waals surface area contributed by atoms with Gasteiger partial charge in [0.15, 0.2) is 11.6 Å². The molecule has 1 aliphatic heterocycles. The van der Waals surface area contributed by atoms with Crippen molar-refractivity contribution < 1.29 is 9.13 Å². The molecule has 0 spiro atoms. The summed E-state index contributed by atoms with van der Waals surface area (Å²) in [4.78, 5) is 2.40. The first-order valence-corrected chi connectivity index (χ1v) is 7.30. The van der Waals surface area contributed by atoms with Crippen LogP contribution in [-0.2, 0) is 6.54 Å². The van der Waals surface area contributed by atoms with Crippen molar-refractivity contribution in [1.82, 2.24) is 15.1 Å². The second-order valence-corrected chi connectivity index (χ2v) is 5.56. The second-order valence-electron chi connectivity index (χ2n) is 5.56. The average molecular weight is 289 g/mol. The highest BCUT2D eigenvalue weighted by molar-refractivity contribution is 5.30. The van der Waals surface area contributed by atoms with E-state index in [1.165, 1.54) is 31.7 Å². The predicted molar refractivity (Wildman–Crippen MR) is 78.8 cm³/mol. The zero-order valence-electron chi connectivity index (χ0n) is 12.2. The summed E-state index contributed by atoms with van der Waals surface area (Å²) in [7, 11) is 1.50. The first-order chi connectivity index (χ1) is 10.3. The Hall–Kier alpha value is -1.88. The lowest BCUT2D eigenvalue weighted by atomic mass is 9.94. The minimum atomic E-state index is -0.310. The van der Waals surface area contributed by atoms with E-state index < -0.39 is 0 Å². The molecule has 1 atom stereocenters. The molecule has 1 N–H and O–H groups in total. The zero-order valence-corrected chi connectivity index (χ0v) is 12.2. The van der Waals surface area contributed by atoms with Gasteiger partial charge in [0.2, 0.25) is 0 Å². The van der Waals surface area contributed by atoms with E-state index in [9.17, 15) is 4.39 Å². The van der Waals surface area contributed by atoms with Gasteiger partial charge < -0.3 is 4.74 Å². The van der Waals surface area contributed by atoms with Crippen molar-refractivity contribution in [2.45, 2.75) is 25.3 Å². The van der Waals surface area contributed by atoms with Gasteiger partial charge in [-0.25, -0.2) is 4.39 Å². The molecular weight excluding hydrogens is 269 g/mol. The summed E-state index contributed by atoms with van der Waals surface area (Å²) in [5.74, 6) is 0.508. The molecule has 1 fully saturated rings. The van der Waals surface area contributed by atoms with Crippen LogP contribution in [0.2, 0.25) is 0 Å². The second kappa shape index (κ2) is 6.26. The van der Waals surface area contributed by atoms with Gasteiger partial charge in [-0.2, -0.15) is 5.10 Å². The van der Waals surface area contributed by atoms with Gasteiger partial charge >= 0.3 is 0 Å². The van der Waals surface area contributed by atoms with Crippen LogP contribution in [0, 0.1) is 5.82 Å². The Morgan fingerprint density at radius 1 is 1.43 bits per heavy atom. The average Bonchev–Trinajstić information content (AvgIpc) is 3.04. The molecule has 0 aliphatic carbocycles. The molecule has 2 aromatic rings. The standard InChI is InChI=1S/C16H20FN3O/c1-21-16-9-12(4-5-14(16)17)10-20-8-2-3-13(11-20)15-6-7-18-19-15/h4-7,9,13H,2-3,8,10-11H2,1H3,(H,18,19)/t13-/m0/s1. The van der Waals surface area contributed by atoms with Crippen LogP contribution in [0.3, 0.4) is 0 Å². The van der Waals surface area contributed by atoms with Gasteiger partial charge in [-0.3, -0.25) is 10.00 Å². The van der Waals surface area contributed by atoms with E-state index >= 15 is 0 Å². The van der Waals surface area contributed by atoms with E-state index in [1.807, 2.05) is 6.07 Å². The van der Waals surface area contributed by atoms with E-state index in [-0.39, 0.29) is 5.82 Å². The van der Waals surface area contributed by atoms with Crippen LogP contribution >= 0.6 is 0 Å². The summed E-state index contributed by atoms with van der Waals surface area (Å²) in [6.07, 6.45) is 4.16. The van der Waals surface area contributed by atoms with E-state index in [2.05, 4.69) is 21.2 Å². The molecule has 1 saturated heterocycles. The maximum atomic E-state index is 13.4. The van der Waals surface area contributed by atoms with Gasteiger partial charge in [-0.1, -0.05) is 6.07 Å². The topological polar surface area (TPSA) is 41.1 Å². The van der Waals surface area contributed by atoms with Gasteiger partial charge in [0.25, 0.3) is 0 Å². The largest absolute Gasteiger partial charge is 0.494 e. The fourth-order valence-electron chi connectivity index (χ4n) is 3.01. The molecule has 0 amide bonds. The van der Waals surface area contributed by atoms with Crippen molar-refractivity contribution in [3.05, 3.63) is 47.5 Å². The van der Waals surface area contributed by atoms with E-state index in [1.54, 1.807) is 12.3 Å². The molecule has 1 aliphatic rings. The number of nitrogens with one attached hydrogen (secondary N) is 1. The van der Waals surface area contributed by atoms with Crippen LogP contribution in [0.15, 0.2) is 30.5 Å². The molecule has 4 nitrogen and oxygen atoms in total. The van der Waals surface area contributed by atoms with Crippen molar-refractivity contribution in [2.75, 3.05) is 20.2 Å². The zero-order chi connectivity index (χ0) is 14.7. The molecule has 3 rings (SSSR count). The van der Waals surface area contributed by atoms with Crippen LogP contribution in [-0.4, -0.2) is 35.3 Å². The Bertz CT molecular complexity index is 585. The first kappa shape index (κ1) is 14.1. The fraction of sp³-hybridized carbons (Fsp3) is 0.438. The number of ether oxygens (including phenoxy) is 1. The Morgan fingerprint density at radius 3 is 3.10 bits per heavy atom. The molecule has 0 unspecified atom stereocenters. The fourth-order valence-corrected chi connectivity index (χ4v) is 3.01. The summed E-state index contributed by atoms with van der Waals surface area (Å²) >= 11 is 0. The van der Waals surface area contributed by atoms with Crippen LogP contribution in [0.25, 0.3) is 0 Å². The minimum absolute atomic E-state index is 0.310. The van der Waals surface area contributed by atoms with E-state index in [0.29, 0.717) is 11.7 Å². The van der Waals surface area contributed by atoms with Gasteiger partial charge in [-0.05, 0) is 43.1 Å². The maximum Gasteiger partial charge on any atom is 0.165 e. The number of methoxy groups -OCH3 is 1. The van der Waals surface area contributed by atoms with Crippen LogP contribution < -0.4 is 4.74 Å². The molecule has 0 saturated carbocycles. The third-order valence-electron chi connectivity index (χ3n) is 4.09. The highest BCUT2D eigenvalue weighted by atomic mass is 19.1. The number of benzene rings is 1. The third kappa shape index (κ3) is 3.24. The number of hydrogen-bond donors (Lipinski definition) is 1. The molecule has 112 valence electrons. The molecular formula is C16H20FN3O. The molecule has 1 aromatic carbocycles. The lowest BCUT2D eigenvalue weighted by Crippen LogP contribution is -2.34. The molecule has 0 bridgehead atoms. The molecule has 0 radical (unpaired) electrons. The normalized spacial score (nSPS) is 19.6. The summed E-state index contributed by atoms with van der Waals surface area (Å²) in [5, 5.41) is 7.11. The quantitative estimate of drug-likeness (QED) is 0.941. The summed E-state index contributed by atoms with van der Waals surface area (Å²) in [5.41, 5.74) is 2.29. The van der Waals surface area contributed by atoms with E-state index in [4.69, 9.17) is 4.74 Å². The SMILES string of the molecule is COc1cc(CN2CCC[C@H](c3ccn[nH]3)C2)ccc1F. The predicted octanol–water partition coefficient (Wildman–Crippen LogP) is 2.94. The minimum Gasteiger partial charge on any atom is -0.494 e. The highest BCUT2D eigenvalue weighted by Crippen LogP contribution is 2.27. The lowest BCUT2D eigenvalue weighted by Gasteiger charge is -2.32. The Labute approximate surface area is 123 Å². The molecule has 21 heavy (non-hydrogen) atoms. The number of rotatable bonds is 4. The van der Waals surface area contributed by atoms with Crippen molar-refractivity contribution in [3.63, 3.8) is 0 Å². The monoisotopic (exact) mass is 289 g/mol. The smallest absolute Gasteiger partial charge is 0.165 e. The van der Waals surface area contributed by atoms with Crippen molar-refractivity contribution in [2.24, 2.45) is 0 Å². The highest BCUT2D eigenvalue weighted by Gasteiger charge is 2.22. The first-order valence-electron chi connectivity index (χ1n) is 7.30. The number of H-pyrrole nitrogens is 1. The summed E-state index contributed by atoms with van der Waals surface area (Å²) < 4.78 is 18.5. The number of aromatic amines is 1. The maximum absolute atomic E-state index is 13.4.